The lowest BCUT2D eigenvalue weighted by atomic mass is 10.0. The third-order valence-electron chi connectivity index (χ3n) is 5.55. The standard InChI is InChI=1S/C28H25S2/c1-2-3-8-21-13-15-22(16-14-21)23-17-19-24(20-18-23)30-27-11-6-4-9-25(27)29-26-10-5-7-12-28(26)30/h4-7,9-20H,2-3,8H2,1H3/q+1. The van der Waals surface area contributed by atoms with Crippen LogP contribution in [0.4, 0.5) is 0 Å². The van der Waals surface area contributed by atoms with E-state index >= 15 is 0 Å². The number of hydrogen-bond acceptors (Lipinski definition) is 1. The van der Waals surface area contributed by atoms with Crippen LogP contribution in [0.15, 0.2) is 122 Å². The maximum absolute atomic E-state index is 2.33. The molecule has 0 saturated carbocycles. The zero-order valence-electron chi connectivity index (χ0n) is 17.2. The van der Waals surface area contributed by atoms with E-state index in [1.807, 2.05) is 11.8 Å². The van der Waals surface area contributed by atoms with Gasteiger partial charge in [-0.1, -0.05) is 73.6 Å². The fourth-order valence-corrected chi connectivity index (χ4v) is 7.66. The first-order valence-electron chi connectivity index (χ1n) is 10.6. The van der Waals surface area contributed by atoms with Crippen LogP contribution in [0.1, 0.15) is 25.3 Å². The lowest BCUT2D eigenvalue weighted by Gasteiger charge is -2.18. The van der Waals surface area contributed by atoms with Gasteiger partial charge in [0.25, 0.3) is 0 Å². The number of aryl methyl sites for hydroxylation is 1. The first kappa shape index (κ1) is 19.5. The number of rotatable bonds is 5. The second-order valence-corrected chi connectivity index (χ2v) is 10.7. The smallest absolute Gasteiger partial charge is 0.0795 e. The van der Waals surface area contributed by atoms with Gasteiger partial charge in [0.2, 0.25) is 0 Å². The zero-order chi connectivity index (χ0) is 20.3. The molecule has 1 heterocycles. The van der Waals surface area contributed by atoms with Crippen molar-refractivity contribution in [3.05, 3.63) is 103 Å². The molecule has 0 fully saturated rings. The molecule has 5 rings (SSSR count). The minimum Gasteiger partial charge on any atom is -0.0795 e. The van der Waals surface area contributed by atoms with Gasteiger partial charge in [0.1, 0.15) is 10.9 Å². The molecule has 0 atom stereocenters. The molecule has 148 valence electrons. The van der Waals surface area contributed by atoms with Crippen LogP contribution in [0, 0.1) is 0 Å². The van der Waals surface area contributed by atoms with Crippen LogP contribution >= 0.6 is 11.8 Å². The fourth-order valence-electron chi connectivity index (χ4n) is 3.93. The molecular weight excluding hydrogens is 400 g/mol. The highest BCUT2D eigenvalue weighted by atomic mass is 32.2. The summed E-state index contributed by atoms with van der Waals surface area (Å²) in [5.41, 5.74) is 4.02. The highest BCUT2D eigenvalue weighted by Crippen LogP contribution is 2.48. The van der Waals surface area contributed by atoms with E-state index in [1.165, 1.54) is 60.4 Å². The average Bonchev–Trinajstić information content (AvgIpc) is 2.82. The average molecular weight is 426 g/mol. The number of benzene rings is 4. The van der Waals surface area contributed by atoms with Crippen molar-refractivity contribution in [3.63, 3.8) is 0 Å². The van der Waals surface area contributed by atoms with Crippen LogP contribution in [0.25, 0.3) is 11.1 Å². The van der Waals surface area contributed by atoms with Crippen molar-refractivity contribution in [3.8, 4) is 11.1 Å². The van der Waals surface area contributed by atoms with Gasteiger partial charge >= 0.3 is 0 Å². The summed E-state index contributed by atoms with van der Waals surface area (Å²) in [6, 6.07) is 36.1. The molecule has 0 aliphatic carbocycles. The van der Waals surface area contributed by atoms with E-state index in [4.69, 9.17) is 0 Å². The Kier molecular flexibility index (Phi) is 5.70. The topological polar surface area (TPSA) is 0 Å². The zero-order valence-corrected chi connectivity index (χ0v) is 18.8. The molecule has 30 heavy (non-hydrogen) atoms. The molecule has 0 unspecified atom stereocenters. The van der Waals surface area contributed by atoms with Crippen molar-refractivity contribution >= 4 is 22.7 Å². The third kappa shape index (κ3) is 3.82. The summed E-state index contributed by atoms with van der Waals surface area (Å²) >= 11 is 1.89. The Balaban J connectivity index is 1.48. The molecule has 0 saturated heterocycles. The van der Waals surface area contributed by atoms with Crippen LogP contribution in [0.3, 0.4) is 0 Å². The van der Waals surface area contributed by atoms with Gasteiger partial charge in [0.15, 0.2) is 14.7 Å². The predicted molar refractivity (Wildman–Crippen MR) is 130 cm³/mol. The minimum absolute atomic E-state index is 0.0509. The molecule has 0 nitrogen and oxygen atoms in total. The highest BCUT2D eigenvalue weighted by Gasteiger charge is 2.37. The molecule has 0 amide bonds. The van der Waals surface area contributed by atoms with E-state index in [0.29, 0.717) is 0 Å². The van der Waals surface area contributed by atoms with Crippen molar-refractivity contribution in [2.24, 2.45) is 0 Å². The summed E-state index contributed by atoms with van der Waals surface area (Å²) in [6.45, 7) is 2.25. The SMILES string of the molecule is CCCCc1ccc(-c2ccc([S+]3c4ccccc4Sc4ccccc43)cc2)cc1. The summed E-state index contributed by atoms with van der Waals surface area (Å²) in [6.07, 6.45) is 3.68. The minimum atomic E-state index is -0.0509. The van der Waals surface area contributed by atoms with Gasteiger partial charge in [-0.25, -0.2) is 0 Å². The number of fused-ring (bicyclic) bond motifs is 2. The molecule has 2 heteroatoms. The van der Waals surface area contributed by atoms with Gasteiger partial charge in [0.05, 0.1) is 9.79 Å². The quantitative estimate of drug-likeness (QED) is 0.255. The Morgan fingerprint density at radius 1 is 0.633 bits per heavy atom. The van der Waals surface area contributed by atoms with E-state index in [9.17, 15) is 0 Å². The van der Waals surface area contributed by atoms with Crippen molar-refractivity contribution in [2.75, 3.05) is 0 Å². The Labute approximate surface area is 186 Å². The lowest BCUT2D eigenvalue weighted by Crippen LogP contribution is -2.10. The van der Waals surface area contributed by atoms with Gasteiger partial charge in [0, 0.05) is 0 Å². The molecular formula is C28H25S2+. The summed E-state index contributed by atoms with van der Waals surface area (Å²) < 4.78 is 0. The van der Waals surface area contributed by atoms with Gasteiger partial charge in [-0.15, -0.1) is 0 Å². The molecule has 0 N–H and O–H groups in total. The summed E-state index contributed by atoms with van der Waals surface area (Å²) in [7, 11) is -0.0509. The fraction of sp³-hybridized carbons (Fsp3) is 0.143. The van der Waals surface area contributed by atoms with Crippen molar-refractivity contribution in [1.82, 2.24) is 0 Å². The Morgan fingerprint density at radius 3 is 1.73 bits per heavy atom. The molecule has 0 aromatic heterocycles. The van der Waals surface area contributed by atoms with E-state index in [0.717, 1.165) is 0 Å². The number of hydrogen-bond donors (Lipinski definition) is 0. The van der Waals surface area contributed by atoms with Gasteiger partial charge < -0.3 is 0 Å². The highest BCUT2D eigenvalue weighted by molar-refractivity contribution is 8.04. The number of unbranched alkanes of at least 4 members (excludes halogenated alkanes) is 1. The van der Waals surface area contributed by atoms with E-state index in [1.54, 1.807) is 0 Å². The first-order valence-corrected chi connectivity index (χ1v) is 12.7. The second kappa shape index (κ2) is 8.75. The van der Waals surface area contributed by atoms with E-state index in [-0.39, 0.29) is 10.9 Å². The molecule has 1 aliphatic rings. The van der Waals surface area contributed by atoms with Gasteiger partial charge in [-0.2, -0.15) is 0 Å². The maximum atomic E-state index is 2.33. The molecule has 0 bridgehead atoms. The Morgan fingerprint density at radius 2 is 1.17 bits per heavy atom. The first-order chi connectivity index (χ1) is 14.8. The molecule has 1 aliphatic heterocycles. The van der Waals surface area contributed by atoms with Crippen molar-refractivity contribution in [2.45, 2.75) is 50.7 Å². The third-order valence-corrected chi connectivity index (χ3v) is 9.30. The Bertz CT molecular complexity index is 1100. The predicted octanol–water partition coefficient (Wildman–Crippen LogP) is 8.26. The summed E-state index contributed by atoms with van der Waals surface area (Å²) in [5, 5.41) is 0. The van der Waals surface area contributed by atoms with Crippen LogP contribution < -0.4 is 0 Å². The molecule has 4 aromatic carbocycles. The maximum Gasteiger partial charge on any atom is 0.180 e. The molecule has 4 aromatic rings. The second-order valence-electron chi connectivity index (χ2n) is 7.63. The van der Waals surface area contributed by atoms with E-state index in [2.05, 4.69) is 104 Å². The normalized spacial score (nSPS) is 13.0. The van der Waals surface area contributed by atoms with Crippen LogP contribution in [0.5, 0.6) is 0 Å². The van der Waals surface area contributed by atoms with Crippen molar-refractivity contribution in [1.29, 1.82) is 0 Å². The van der Waals surface area contributed by atoms with Gasteiger partial charge in [-0.05, 0) is 78.1 Å². The van der Waals surface area contributed by atoms with Crippen LogP contribution in [-0.4, -0.2) is 0 Å². The van der Waals surface area contributed by atoms with Crippen LogP contribution in [-0.2, 0) is 17.3 Å². The molecule has 0 radical (unpaired) electrons. The molecule has 0 spiro atoms. The van der Waals surface area contributed by atoms with Crippen LogP contribution in [0.2, 0.25) is 0 Å². The van der Waals surface area contributed by atoms with E-state index < -0.39 is 0 Å². The Hall–Kier alpha value is -2.42. The summed E-state index contributed by atoms with van der Waals surface area (Å²) in [4.78, 5) is 7.03. The van der Waals surface area contributed by atoms with Gasteiger partial charge in [-0.3, -0.25) is 0 Å². The summed E-state index contributed by atoms with van der Waals surface area (Å²) in [5.74, 6) is 0. The van der Waals surface area contributed by atoms with Crippen molar-refractivity contribution < 1.29 is 0 Å². The lowest BCUT2D eigenvalue weighted by molar-refractivity contribution is 0.795. The largest absolute Gasteiger partial charge is 0.180 e. The monoisotopic (exact) mass is 425 g/mol.